The highest BCUT2D eigenvalue weighted by atomic mass is 28.4. The molecule has 8 atom stereocenters. The van der Waals surface area contributed by atoms with Crippen molar-refractivity contribution in [2.45, 2.75) is 88.9 Å². The molecule has 8 heteroatoms. The third-order valence-corrected chi connectivity index (χ3v) is 13.2. The van der Waals surface area contributed by atoms with Crippen LogP contribution in [0, 0.1) is 29.6 Å². The highest BCUT2D eigenvalue weighted by Gasteiger charge is 2.83. The summed E-state index contributed by atoms with van der Waals surface area (Å²) < 4.78 is 36.0. The zero-order chi connectivity index (χ0) is 23.0. The summed E-state index contributed by atoms with van der Waals surface area (Å²) in [6.07, 6.45) is 5.26. The molecule has 7 nitrogen and oxygen atoms in total. The van der Waals surface area contributed by atoms with E-state index in [1.165, 1.54) is 0 Å². The van der Waals surface area contributed by atoms with Crippen molar-refractivity contribution < 1.29 is 32.9 Å². The summed E-state index contributed by atoms with van der Waals surface area (Å²) in [4.78, 5) is 13.3. The van der Waals surface area contributed by atoms with Crippen LogP contribution in [0.3, 0.4) is 0 Å². The molecule has 3 saturated heterocycles. The topological polar surface area (TPSA) is 75.8 Å². The second-order valence-corrected chi connectivity index (χ2v) is 16.2. The summed E-state index contributed by atoms with van der Waals surface area (Å²) in [5.74, 6) is 1.80. The number of fused-ring (bicyclic) bond motifs is 3. The molecule has 3 heterocycles. The maximum absolute atomic E-state index is 13.3. The van der Waals surface area contributed by atoms with Crippen LogP contribution in [0.15, 0.2) is 0 Å². The molecule has 4 rings (SSSR count). The van der Waals surface area contributed by atoms with Crippen LogP contribution in [0.1, 0.15) is 41.0 Å². The molecule has 0 spiro atoms. The SMILES string of the molecule is C#C[C@@]12O[C@H]3OC(=O)[C@H](CO[Si](C)(C)C(C)(C)C)[C@@](C)(C[C@@H]4O[C@@]41C)[C@@H]2[C@H]3OCOC. The minimum atomic E-state index is -2.08. The Balaban J connectivity index is 1.74. The zero-order valence-corrected chi connectivity index (χ0v) is 20.9. The van der Waals surface area contributed by atoms with Crippen molar-refractivity contribution in [1.29, 1.82) is 0 Å². The Kier molecular flexibility index (Phi) is 5.26. The maximum Gasteiger partial charge on any atom is 0.314 e. The van der Waals surface area contributed by atoms with Gasteiger partial charge in [-0.25, -0.2) is 0 Å². The van der Waals surface area contributed by atoms with Gasteiger partial charge in [0.1, 0.15) is 18.5 Å². The van der Waals surface area contributed by atoms with Crippen molar-refractivity contribution in [1.82, 2.24) is 0 Å². The molecule has 0 amide bonds. The van der Waals surface area contributed by atoms with Gasteiger partial charge < -0.3 is 28.1 Å². The molecule has 0 aromatic heterocycles. The fourth-order valence-corrected chi connectivity index (χ4v) is 6.62. The number of ether oxygens (including phenoxy) is 5. The van der Waals surface area contributed by atoms with Crippen LogP contribution < -0.4 is 0 Å². The number of epoxide rings is 1. The van der Waals surface area contributed by atoms with Gasteiger partial charge in [-0.05, 0) is 36.9 Å². The van der Waals surface area contributed by atoms with Crippen molar-refractivity contribution in [3.63, 3.8) is 0 Å². The van der Waals surface area contributed by atoms with E-state index in [4.69, 9.17) is 34.5 Å². The fourth-order valence-electron chi connectivity index (χ4n) is 5.60. The number of carbonyl (C=O) groups is 1. The molecule has 4 fully saturated rings. The van der Waals surface area contributed by atoms with Gasteiger partial charge in [-0.3, -0.25) is 4.79 Å². The number of esters is 1. The second kappa shape index (κ2) is 7.02. The lowest BCUT2D eigenvalue weighted by atomic mass is 9.52. The van der Waals surface area contributed by atoms with E-state index in [-0.39, 0.29) is 36.4 Å². The van der Waals surface area contributed by atoms with E-state index in [2.05, 4.69) is 46.7 Å². The fraction of sp³-hybridized carbons (Fsp3) is 0.870. The minimum absolute atomic E-state index is 0.0298. The molecule has 0 aromatic rings. The smallest absolute Gasteiger partial charge is 0.314 e. The molecule has 2 bridgehead atoms. The molecule has 3 aliphatic heterocycles. The van der Waals surface area contributed by atoms with Gasteiger partial charge in [0.2, 0.25) is 6.29 Å². The van der Waals surface area contributed by atoms with E-state index in [0.29, 0.717) is 6.42 Å². The van der Waals surface area contributed by atoms with E-state index in [1.54, 1.807) is 7.11 Å². The lowest BCUT2D eigenvalue weighted by molar-refractivity contribution is -0.221. The summed E-state index contributed by atoms with van der Waals surface area (Å²) in [7, 11) is -0.521. The average Bonchev–Trinajstić information content (AvgIpc) is 3.21. The Labute approximate surface area is 186 Å². The Bertz CT molecular complexity index is 801. The summed E-state index contributed by atoms with van der Waals surface area (Å²) in [6.45, 7) is 15.3. The summed E-state index contributed by atoms with van der Waals surface area (Å²) in [5.41, 5.74) is -2.23. The van der Waals surface area contributed by atoms with Gasteiger partial charge in [-0.1, -0.05) is 33.6 Å². The third kappa shape index (κ3) is 3.08. The molecule has 174 valence electrons. The first kappa shape index (κ1) is 23.2. The number of hydrogen-bond acceptors (Lipinski definition) is 7. The lowest BCUT2D eigenvalue weighted by Crippen LogP contribution is -2.63. The van der Waals surface area contributed by atoms with E-state index in [0.717, 1.165) is 0 Å². The van der Waals surface area contributed by atoms with Gasteiger partial charge in [0, 0.05) is 19.6 Å². The predicted molar refractivity (Wildman–Crippen MR) is 115 cm³/mol. The monoisotopic (exact) mass is 452 g/mol. The van der Waals surface area contributed by atoms with Crippen LogP contribution in [-0.2, 0) is 32.9 Å². The standard InChI is InChI=1S/C23H36O7Si/c1-10-23-17-16(26-13-25-7)19(30-23)28-18(24)14(12-27-31(8,9)20(2,3)4)21(17,5)11-15-22(23,6)29-15/h1,14-17,19H,11-13H2,2-9H3/t14-,15-,16+,17-,19+,21+,22-,23-/m0/s1. The number of terminal acetylenes is 1. The molecule has 0 aromatic carbocycles. The second-order valence-electron chi connectivity index (χ2n) is 11.4. The van der Waals surface area contributed by atoms with Crippen molar-refractivity contribution in [2.75, 3.05) is 20.5 Å². The number of hydrogen-bond donors (Lipinski definition) is 0. The quantitative estimate of drug-likeness (QED) is 0.202. The number of carbonyl (C=O) groups excluding carboxylic acids is 1. The van der Waals surface area contributed by atoms with Crippen LogP contribution in [0.4, 0.5) is 0 Å². The van der Waals surface area contributed by atoms with E-state index in [1.807, 2.05) is 6.92 Å². The van der Waals surface area contributed by atoms with Crippen molar-refractivity contribution in [3.8, 4) is 12.3 Å². The van der Waals surface area contributed by atoms with Gasteiger partial charge in [0.15, 0.2) is 13.9 Å². The first-order valence-corrected chi connectivity index (χ1v) is 14.0. The maximum atomic E-state index is 13.3. The van der Waals surface area contributed by atoms with Crippen LogP contribution in [-0.4, -0.2) is 64.5 Å². The summed E-state index contributed by atoms with van der Waals surface area (Å²) in [5, 5.41) is 0.0298. The van der Waals surface area contributed by atoms with Crippen molar-refractivity contribution >= 4 is 14.3 Å². The van der Waals surface area contributed by atoms with Gasteiger partial charge in [0.05, 0.1) is 12.0 Å². The van der Waals surface area contributed by atoms with Gasteiger partial charge >= 0.3 is 5.97 Å². The predicted octanol–water partition coefficient (Wildman–Crippen LogP) is 3.08. The third-order valence-electron chi connectivity index (χ3n) is 8.68. The Hall–Kier alpha value is -0.953. The molecule has 1 saturated carbocycles. The van der Waals surface area contributed by atoms with Crippen LogP contribution in [0.5, 0.6) is 0 Å². The van der Waals surface area contributed by atoms with Crippen LogP contribution in [0.2, 0.25) is 18.1 Å². The molecule has 0 unspecified atom stereocenters. The van der Waals surface area contributed by atoms with Crippen LogP contribution >= 0.6 is 0 Å². The van der Waals surface area contributed by atoms with Gasteiger partial charge in [0.25, 0.3) is 0 Å². The Morgan fingerprint density at radius 3 is 2.52 bits per heavy atom. The largest absolute Gasteiger partial charge is 0.432 e. The first-order valence-electron chi connectivity index (χ1n) is 11.1. The molecule has 4 aliphatic rings. The van der Waals surface area contributed by atoms with Crippen LogP contribution in [0.25, 0.3) is 0 Å². The molecular formula is C23H36O7Si. The van der Waals surface area contributed by atoms with Gasteiger partial charge in [-0.15, -0.1) is 6.42 Å². The first-order chi connectivity index (χ1) is 14.3. The Morgan fingerprint density at radius 1 is 1.26 bits per heavy atom. The van der Waals surface area contributed by atoms with E-state index >= 15 is 0 Å². The molecule has 31 heavy (non-hydrogen) atoms. The zero-order valence-electron chi connectivity index (χ0n) is 19.9. The van der Waals surface area contributed by atoms with E-state index < -0.39 is 43.2 Å². The van der Waals surface area contributed by atoms with Crippen molar-refractivity contribution in [2.24, 2.45) is 17.3 Å². The Morgan fingerprint density at radius 2 is 1.94 bits per heavy atom. The van der Waals surface area contributed by atoms with Gasteiger partial charge in [-0.2, -0.15) is 0 Å². The number of rotatable bonds is 6. The lowest BCUT2D eigenvalue weighted by Gasteiger charge is -2.51. The summed E-state index contributed by atoms with van der Waals surface area (Å²) >= 11 is 0. The average molecular weight is 453 g/mol. The highest BCUT2D eigenvalue weighted by Crippen LogP contribution is 2.69. The number of methoxy groups -OCH3 is 1. The normalized spacial score (nSPS) is 46.0. The highest BCUT2D eigenvalue weighted by molar-refractivity contribution is 6.74. The minimum Gasteiger partial charge on any atom is -0.432 e. The molecule has 0 N–H and O–H groups in total. The molecule has 1 aliphatic carbocycles. The van der Waals surface area contributed by atoms with E-state index in [9.17, 15) is 4.79 Å². The molecular weight excluding hydrogens is 416 g/mol. The van der Waals surface area contributed by atoms with Crippen molar-refractivity contribution in [3.05, 3.63) is 0 Å². The summed E-state index contributed by atoms with van der Waals surface area (Å²) in [6, 6.07) is 0. The molecule has 0 radical (unpaired) electrons.